The van der Waals surface area contributed by atoms with Gasteiger partial charge in [0.05, 0.1) is 16.3 Å². The molecule has 26 heavy (non-hydrogen) atoms. The average molecular weight is 413 g/mol. The molecule has 2 heterocycles. The van der Waals surface area contributed by atoms with Gasteiger partial charge in [-0.3, -0.25) is 5.43 Å². The standard InChI is InChI=1S/C17H18Cl2N4O2S/c18-15-6-4-13(10-16(15)19)11-21-22-17-7-5-14(12-20-17)26(24,25)23-8-2-1-3-9-23/h4-7,10-12H,1-3,8-9H2,(H,20,22)/b21-11+. The molecule has 1 saturated heterocycles. The molecule has 0 spiro atoms. The Labute approximate surface area is 162 Å². The quantitative estimate of drug-likeness (QED) is 0.594. The maximum absolute atomic E-state index is 12.6. The highest BCUT2D eigenvalue weighted by Gasteiger charge is 2.26. The van der Waals surface area contributed by atoms with E-state index in [9.17, 15) is 8.42 Å². The van der Waals surface area contributed by atoms with Crippen LogP contribution in [0, 0.1) is 0 Å². The first-order valence-corrected chi connectivity index (χ1v) is 10.4. The van der Waals surface area contributed by atoms with E-state index in [1.807, 2.05) is 0 Å². The van der Waals surface area contributed by atoms with Gasteiger partial charge in [0.15, 0.2) is 0 Å². The molecule has 0 aliphatic carbocycles. The van der Waals surface area contributed by atoms with Crippen molar-refractivity contribution in [3.05, 3.63) is 52.1 Å². The number of nitrogens with one attached hydrogen (secondary N) is 1. The van der Waals surface area contributed by atoms with Crippen LogP contribution >= 0.6 is 23.2 Å². The van der Waals surface area contributed by atoms with E-state index >= 15 is 0 Å². The third-order valence-corrected chi connectivity index (χ3v) is 6.65. The summed E-state index contributed by atoms with van der Waals surface area (Å²) in [6, 6.07) is 8.28. The third kappa shape index (κ3) is 4.54. The summed E-state index contributed by atoms with van der Waals surface area (Å²) in [5.74, 6) is 0.443. The van der Waals surface area contributed by atoms with Crippen molar-refractivity contribution in [1.29, 1.82) is 0 Å². The monoisotopic (exact) mass is 412 g/mol. The second-order valence-corrected chi connectivity index (χ2v) is 8.64. The normalized spacial score (nSPS) is 16.1. The van der Waals surface area contributed by atoms with Gasteiger partial charge in [0.1, 0.15) is 10.7 Å². The van der Waals surface area contributed by atoms with Crippen molar-refractivity contribution in [3.8, 4) is 0 Å². The minimum absolute atomic E-state index is 0.193. The molecule has 0 unspecified atom stereocenters. The largest absolute Gasteiger partial charge is 0.261 e. The van der Waals surface area contributed by atoms with E-state index in [0.717, 1.165) is 24.8 Å². The lowest BCUT2D eigenvalue weighted by atomic mass is 10.2. The lowest BCUT2D eigenvalue weighted by Crippen LogP contribution is -2.35. The number of nitrogens with zero attached hydrogens (tertiary/aromatic N) is 3. The molecule has 0 radical (unpaired) electrons. The molecule has 1 fully saturated rings. The van der Waals surface area contributed by atoms with Crippen molar-refractivity contribution in [2.45, 2.75) is 24.2 Å². The fourth-order valence-corrected chi connectivity index (χ4v) is 4.39. The minimum Gasteiger partial charge on any atom is -0.261 e. The highest BCUT2D eigenvalue weighted by molar-refractivity contribution is 7.89. The second-order valence-electron chi connectivity index (χ2n) is 5.89. The van der Waals surface area contributed by atoms with E-state index in [0.29, 0.717) is 29.0 Å². The Morgan fingerprint density at radius 1 is 1.08 bits per heavy atom. The summed E-state index contributed by atoms with van der Waals surface area (Å²) in [5.41, 5.74) is 3.53. The Balaban J connectivity index is 1.65. The Bertz CT molecular complexity index is 895. The van der Waals surface area contributed by atoms with Gasteiger partial charge in [-0.2, -0.15) is 9.41 Å². The van der Waals surface area contributed by atoms with Crippen molar-refractivity contribution in [3.63, 3.8) is 0 Å². The lowest BCUT2D eigenvalue weighted by molar-refractivity contribution is 0.346. The third-order valence-electron chi connectivity index (χ3n) is 4.03. The Kier molecular flexibility index (Phi) is 6.13. The number of aromatic nitrogens is 1. The highest BCUT2D eigenvalue weighted by atomic mass is 35.5. The molecule has 1 aliphatic heterocycles. The molecule has 1 aliphatic rings. The van der Waals surface area contributed by atoms with E-state index < -0.39 is 10.0 Å². The van der Waals surface area contributed by atoms with Crippen LogP contribution in [-0.2, 0) is 10.0 Å². The summed E-state index contributed by atoms with van der Waals surface area (Å²) in [6.07, 6.45) is 5.79. The molecule has 1 aromatic heterocycles. The summed E-state index contributed by atoms with van der Waals surface area (Å²) in [5, 5.41) is 4.99. The van der Waals surface area contributed by atoms with Crippen LogP contribution in [0.3, 0.4) is 0 Å². The molecule has 2 aromatic rings. The van der Waals surface area contributed by atoms with E-state index in [1.54, 1.807) is 30.5 Å². The summed E-state index contributed by atoms with van der Waals surface area (Å²) < 4.78 is 26.7. The molecule has 138 valence electrons. The van der Waals surface area contributed by atoms with Gasteiger partial charge in [-0.25, -0.2) is 13.4 Å². The number of hydrazone groups is 1. The van der Waals surface area contributed by atoms with Crippen LogP contribution in [0.2, 0.25) is 10.0 Å². The van der Waals surface area contributed by atoms with E-state index in [4.69, 9.17) is 23.2 Å². The Hall–Kier alpha value is -1.67. The van der Waals surface area contributed by atoms with Crippen LogP contribution < -0.4 is 5.43 Å². The van der Waals surface area contributed by atoms with Crippen LogP contribution in [-0.4, -0.2) is 37.0 Å². The van der Waals surface area contributed by atoms with Crippen LogP contribution in [0.5, 0.6) is 0 Å². The van der Waals surface area contributed by atoms with Crippen molar-refractivity contribution in [2.24, 2.45) is 5.10 Å². The van der Waals surface area contributed by atoms with Gasteiger partial charge in [0.25, 0.3) is 0 Å². The zero-order chi connectivity index (χ0) is 18.6. The Morgan fingerprint density at radius 3 is 2.50 bits per heavy atom. The average Bonchev–Trinajstić information content (AvgIpc) is 2.66. The molecule has 1 N–H and O–H groups in total. The number of halogens is 2. The molecule has 0 amide bonds. The molecule has 1 aromatic carbocycles. The maximum Gasteiger partial charge on any atom is 0.244 e. The zero-order valence-electron chi connectivity index (χ0n) is 13.9. The van der Waals surface area contributed by atoms with Gasteiger partial charge in [-0.05, 0) is 42.7 Å². The SMILES string of the molecule is O=S(=O)(c1ccc(N/N=C/c2ccc(Cl)c(Cl)c2)nc1)N1CCCCC1. The minimum atomic E-state index is -3.47. The molecule has 6 nitrogen and oxygen atoms in total. The summed E-state index contributed by atoms with van der Waals surface area (Å²) in [4.78, 5) is 4.32. The second kappa shape index (κ2) is 8.35. The van der Waals surface area contributed by atoms with Crippen LogP contribution in [0.1, 0.15) is 24.8 Å². The molecular weight excluding hydrogens is 395 g/mol. The Morgan fingerprint density at radius 2 is 1.85 bits per heavy atom. The first-order chi connectivity index (χ1) is 12.5. The van der Waals surface area contributed by atoms with Crippen molar-refractivity contribution < 1.29 is 8.42 Å². The first-order valence-electron chi connectivity index (χ1n) is 8.17. The molecule has 0 saturated carbocycles. The fourth-order valence-electron chi connectivity index (χ4n) is 2.62. The van der Waals surface area contributed by atoms with Gasteiger partial charge in [0, 0.05) is 19.3 Å². The fraction of sp³-hybridized carbons (Fsp3) is 0.294. The van der Waals surface area contributed by atoms with Gasteiger partial charge in [-0.15, -0.1) is 0 Å². The van der Waals surface area contributed by atoms with Crippen molar-refractivity contribution in [1.82, 2.24) is 9.29 Å². The summed E-state index contributed by atoms with van der Waals surface area (Å²) in [7, 11) is -3.47. The maximum atomic E-state index is 12.6. The number of hydrogen-bond donors (Lipinski definition) is 1. The molecule has 0 bridgehead atoms. The van der Waals surface area contributed by atoms with Crippen LogP contribution in [0.15, 0.2) is 46.5 Å². The predicted molar refractivity (Wildman–Crippen MR) is 105 cm³/mol. The number of rotatable bonds is 5. The zero-order valence-corrected chi connectivity index (χ0v) is 16.2. The van der Waals surface area contributed by atoms with E-state index in [1.165, 1.54) is 16.6 Å². The topological polar surface area (TPSA) is 74.7 Å². The van der Waals surface area contributed by atoms with Gasteiger partial charge >= 0.3 is 0 Å². The van der Waals surface area contributed by atoms with Gasteiger partial charge in [0.2, 0.25) is 10.0 Å². The van der Waals surface area contributed by atoms with E-state index in [2.05, 4.69) is 15.5 Å². The van der Waals surface area contributed by atoms with E-state index in [-0.39, 0.29) is 4.90 Å². The number of pyridine rings is 1. The van der Waals surface area contributed by atoms with Crippen molar-refractivity contribution in [2.75, 3.05) is 18.5 Å². The number of benzene rings is 1. The number of sulfonamides is 1. The molecular formula is C17H18Cl2N4O2S. The van der Waals surface area contributed by atoms with Gasteiger partial charge in [-0.1, -0.05) is 35.7 Å². The highest BCUT2D eigenvalue weighted by Crippen LogP contribution is 2.22. The first kappa shape index (κ1) is 19.1. The van der Waals surface area contributed by atoms with Crippen molar-refractivity contribution >= 4 is 45.3 Å². The lowest BCUT2D eigenvalue weighted by Gasteiger charge is -2.25. The molecule has 9 heteroatoms. The van der Waals surface area contributed by atoms with Gasteiger partial charge < -0.3 is 0 Å². The number of piperidine rings is 1. The number of anilines is 1. The predicted octanol–water partition coefficient (Wildman–Crippen LogP) is 4.01. The van der Waals surface area contributed by atoms with Crippen LogP contribution in [0.4, 0.5) is 5.82 Å². The number of hydrogen-bond acceptors (Lipinski definition) is 5. The summed E-state index contributed by atoms with van der Waals surface area (Å²) in [6.45, 7) is 1.13. The van der Waals surface area contributed by atoms with Crippen LogP contribution in [0.25, 0.3) is 0 Å². The molecule has 0 atom stereocenters. The summed E-state index contributed by atoms with van der Waals surface area (Å²) >= 11 is 11.8. The molecule has 3 rings (SSSR count). The smallest absolute Gasteiger partial charge is 0.244 e.